The molecule has 2 aromatic carbocycles. The van der Waals surface area contributed by atoms with Gasteiger partial charge in [-0.3, -0.25) is 4.79 Å². The minimum atomic E-state index is -0.429. The van der Waals surface area contributed by atoms with E-state index in [0.717, 1.165) is 10.2 Å². The maximum Gasteiger partial charge on any atom is 0.271 e. The first-order valence-corrected chi connectivity index (χ1v) is 7.54. The molecule has 1 amide bonds. The molecule has 0 spiro atoms. The second kappa shape index (κ2) is 7.09. The smallest absolute Gasteiger partial charge is 0.267 e. The van der Waals surface area contributed by atoms with Gasteiger partial charge in [-0.15, -0.1) is 5.10 Å². The highest BCUT2D eigenvalue weighted by molar-refractivity contribution is 9.10. The summed E-state index contributed by atoms with van der Waals surface area (Å²) in [7, 11) is 0. The molecule has 0 unspecified atom stereocenters. The van der Waals surface area contributed by atoms with Crippen LogP contribution in [0.3, 0.4) is 0 Å². The molecule has 0 aliphatic carbocycles. The molecule has 120 valence electrons. The van der Waals surface area contributed by atoms with Gasteiger partial charge in [-0.25, -0.2) is 14.5 Å². The number of aromatic nitrogens is 4. The van der Waals surface area contributed by atoms with Crippen LogP contribution in [0.5, 0.6) is 0 Å². The number of hydrazone groups is 1. The highest BCUT2D eigenvalue weighted by Crippen LogP contribution is 2.13. The highest BCUT2D eigenvalue weighted by atomic mass is 79.9. The Morgan fingerprint density at radius 2 is 2.04 bits per heavy atom. The Hall–Kier alpha value is -2.94. The molecular formula is C15H10BrFN6O. The molecule has 0 aliphatic heterocycles. The van der Waals surface area contributed by atoms with Crippen LogP contribution in [0.15, 0.2) is 58.4 Å². The number of benzene rings is 2. The SMILES string of the molecule is O=C(N/N=C/c1cc(Br)ccc1F)c1ccc(-n2cnnn2)cc1. The van der Waals surface area contributed by atoms with Crippen LogP contribution in [-0.4, -0.2) is 32.3 Å². The van der Waals surface area contributed by atoms with Crippen LogP contribution < -0.4 is 5.43 Å². The molecule has 24 heavy (non-hydrogen) atoms. The largest absolute Gasteiger partial charge is 0.271 e. The Morgan fingerprint density at radius 3 is 2.75 bits per heavy atom. The second-order valence-corrected chi connectivity index (χ2v) is 5.58. The normalized spacial score (nSPS) is 10.9. The van der Waals surface area contributed by atoms with Crippen LogP contribution in [0.1, 0.15) is 15.9 Å². The molecule has 0 bridgehead atoms. The minimum absolute atomic E-state index is 0.263. The fraction of sp³-hybridized carbons (Fsp3) is 0. The van der Waals surface area contributed by atoms with E-state index in [1.807, 2.05) is 0 Å². The van der Waals surface area contributed by atoms with Gasteiger partial charge in [-0.2, -0.15) is 5.10 Å². The van der Waals surface area contributed by atoms with Crippen molar-refractivity contribution < 1.29 is 9.18 Å². The molecule has 0 atom stereocenters. The van der Waals surface area contributed by atoms with E-state index < -0.39 is 11.7 Å². The summed E-state index contributed by atoms with van der Waals surface area (Å²) >= 11 is 3.25. The lowest BCUT2D eigenvalue weighted by atomic mass is 10.2. The number of carbonyl (C=O) groups excluding carboxylic acids is 1. The van der Waals surface area contributed by atoms with Gasteiger partial charge in [0.15, 0.2) is 0 Å². The number of halogens is 2. The standard InChI is InChI=1S/C15H10BrFN6O/c16-12-3-6-14(17)11(7-12)8-18-20-15(24)10-1-4-13(5-2-10)23-9-19-21-22-23/h1-9H,(H,20,24)/b18-8+. The van der Waals surface area contributed by atoms with Gasteiger partial charge in [0.05, 0.1) is 11.9 Å². The Labute approximate surface area is 144 Å². The van der Waals surface area contributed by atoms with E-state index in [4.69, 9.17) is 0 Å². The number of hydrogen-bond acceptors (Lipinski definition) is 5. The number of carbonyl (C=O) groups is 1. The van der Waals surface area contributed by atoms with Crippen molar-refractivity contribution in [1.82, 2.24) is 25.6 Å². The zero-order chi connectivity index (χ0) is 16.9. The molecule has 0 radical (unpaired) electrons. The Bertz CT molecular complexity index is 879. The average Bonchev–Trinajstić information content (AvgIpc) is 3.12. The van der Waals surface area contributed by atoms with E-state index in [-0.39, 0.29) is 5.56 Å². The van der Waals surface area contributed by atoms with Crippen molar-refractivity contribution in [3.63, 3.8) is 0 Å². The molecule has 0 fully saturated rings. The first kappa shape index (κ1) is 15.9. The average molecular weight is 389 g/mol. The Kier molecular flexibility index (Phi) is 4.71. The van der Waals surface area contributed by atoms with Crippen molar-refractivity contribution in [2.45, 2.75) is 0 Å². The zero-order valence-electron chi connectivity index (χ0n) is 12.1. The summed E-state index contributed by atoms with van der Waals surface area (Å²) in [6, 6.07) is 11.1. The molecular weight excluding hydrogens is 379 g/mol. The van der Waals surface area contributed by atoms with Crippen molar-refractivity contribution in [2.75, 3.05) is 0 Å². The topological polar surface area (TPSA) is 85.1 Å². The molecule has 0 aliphatic rings. The maximum absolute atomic E-state index is 13.6. The number of nitrogens with one attached hydrogen (secondary N) is 1. The first-order valence-electron chi connectivity index (χ1n) is 6.75. The van der Waals surface area contributed by atoms with Gasteiger partial charge < -0.3 is 0 Å². The molecule has 1 heterocycles. The maximum atomic E-state index is 13.6. The number of rotatable bonds is 4. The van der Waals surface area contributed by atoms with Crippen molar-refractivity contribution >= 4 is 28.1 Å². The molecule has 9 heteroatoms. The third-order valence-electron chi connectivity index (χ3n) is 3.07. The summed E-state index contributed by atoms with van der Waals surface area (Å²) in [5.74, 6) is -0.841. The van der Waals surface area contributed by atoms with Crippen LogP contribution in [0, 0.1) is 5.82 Å². The minimum Gasteiger partial charge on any atom is -0.267 e. The van der Waals surface area contributed by atoms with Crippen LogP contribution in [0.4, 0.5) is 4.39 Å². The Balaban J connectivity index is 1.66. The van der Waals surface area contributed by atoms with Gasteiger partial charge in [-0.05, 0) is 52.9 Å². The number of nitrogens with zero attached hydrogens (tertiary/aromatic N) is 5. The quantitative estimate of drug-likeness (QED) is 0.548. The zero-order valence-corrected chi connectivity index (χ0v) is 13.7. The molecule has 3 aromatic rings. The van der Waals surface area contributed by atoms with Gasteiger partial charge in [0.2, 0.25) is 0 Å². The number of hydrogen-bond donors (Lipinski definition) is 1. The third-order valence-corrected chi connectivity index (χ3v) is 3.56. The summed E-state index contributed by atoms with van der Waals surface area (Å²) in [4.78, 5) is 12.0. The second-order valence-electron chi connectivity index (χ2n) is 4.67. The van der Waals surface area contributed by atoms with Gasteiger partial charge >= 0.3 is 0 Å². The van der Waals surface area contributed by atoms with Crippen LogP contribution in [0.2, 0.25) is 0 Å². The summed E-state index contributed by atoms with van der Waals surface area (Å²) < 4.78 is 15.7. The van der Waals surface area contributed by atoms with Crippen LogP contribution in [0.25, 0.3) is 5.69 Å². The molecule has 0 saturated carbocycles. The summed E-state index contributed by atoms with van der Waals surface area (Å²) in [5.41, 5.74) is 3.73. The fourth-order valence-electron chi connectivity index (χ4n) is 1.88. The van der Waals surface area contributed by atoms with Gasteiger partial charge in [-0.1, -0.05) is 15.9 Å². The molecule has 1 N–H and O–H groups in total. The van der Waals surface area contributed by atoms with Crippen molar-refractivity contribution in [3.05, 3.63) is 70.2 Å². The van der Waals surface area contributed by atoms with E-state index in [1.54, 1.807) is 36.4 Å². The predicted molar refractivity (Wildman–Crippen MR) is 88.3 cm³/mol. The molecule has 1 aromatic heterocycles. The summed E-state index contributed by atoms with van der Waals surface area (Å²) in [6.45, 7) is 0. The van der Waals surface area contributed by atoms with E-state index >= 15 is 0 Å². The van der Waals surface area contributed by atoms with Crippen molar-refractivity contribution in [3.8, 4) is 5.69 Å². The van der Waals surface area contributed by atoms with Gasteiger partial charge in [0.1, 0.15) is 12.1 Å². The number of tetrazole rings is 1. The lowest BCUT2D eigenvalue weighted by molar-refractivity contribution is 0.0955. The lowest BCUT2D eigenvalue weighted by Crippen LogP contribution is -2.17. The van der Waals surface area contributed by atoms with E-state index in [2.05, 4.69) is 42.0 Å². The summed E-state index contributed by atoms with van der Waals surface area (Å²) in [5, 5.41) is 14.6. The molecule has 3 rings (SSSR count). The van der Waals surface area contributed by atoms with E-state index in [1.165, 1.54) is 23.3 Å². The first-order chi connectivity index (χ1) is 11.6. The predicted octanol–water partition coefficient (Wildman–Crippen LogP) is 2.33. The van der Waals surface area contributed by atoms with E-state index in [9.17, 15) is 9.18 Å². The molecule has 0 saturated heterocycles. The Morgan fingerprint density at radius 1 is 1.25 bits per heavy atom. The van der Waals surface area contributed by atoms with E-state index in [0.29, 0.717) is 5.56 Å². The third kappa shape index (κ3) is 3.69. The lowest BCUT2D eigenvalue weighted by Gasteiger charge is -2.02. The molecule has 7 nitrogen and oxygen atoms in total. The van der Waals surface area contributed by atoms with Gasteiger partial charge in [0, 0.05) is 15.6 Å². The van der Waals surface area contributed by atoms with Crippen LogP contribution in [-0.2, 0) is 0 Å². The fourth-order valence-corrected chi connectivity index (χ4v) is 2.26. The monoisotopic (exact) mass is 388 g/mol. The highest BCUT2D eigenvalue weighted by Gasteiger charge is 2.06. The van der Waals surface area contributed by atoms with Crippen LogP contribution >= 0.6 is 15.9 Å². The summed E-state index contributed by atoms with van der Waals surface area (Å²) in [6.07, 6.45) is 2.69. The van der Waals surface area contributed by atoms with Gasteiger partial charge in [0.25, 0.3) is 5.91 Å². The van der Waals surface area contributed by atoms with Crippen molar-refractivity contribution in [1.29, 1.82) is 0 Å². The van der Waals surface area contributed by atoms with Crippen molar-refractivity contribution in [2.24, 2.45) is 5.10 Å². The number of amides is 1.